The van der Waals surface area contributed by atoms with Gasteiger partial charge in [-0.1, -0.05) is 54.1 Å². The molecule has 134 valence electrons. The highest BCUT2D eigenvalue weighted by molar-refractivity contribution is 6.39. The van der Waals surface area contributed by atoms with E-state index in [2.05, 4.69) is 0 Å². The lowest BCUT2D eigenvalue weighted by molar-refractivity contribution is -0.112. The predicted octanol–water partition coefficient (Wildman–Crippen LogP) is 5.28. The molecule has 4 heteroatoms. The first-order valence-electron chi connectivity index (χ1n) is 8.62. The first-order valence-corrected chi connectivity index (χ1v) is 9.00. The number of hydrogen-bond acceptors (Lipinski definition) is 2. The lowest BCUT2D eigenvalue weighted by Crippen LogP contribution is -2.20. The van der Waals surface area contributed by atoms with Crippen molar-refractivity contribution in [1.82, 2.24) is 0 Å². The number of anilines is 1. The number of carbonyl (C=O) groups excluding carboxylic acids is 1. The summed E-state index contributed by atoms with van der Waals surface area (Å²) in [5.74, 6) is 0.685. The summed E-state index contributed by atoms with van der Waals surface area (Å²) in [6.07, 6.45) is 0. The SMILES string of the molecule is COc1ccc2c(c1)/C(=C(/c1ccccc1)c1ccc(Cl)cc1)C(=O)N2C. The van der Waals surface area contributed by atoms with Gasteiger partial charge in [-0.3, -0.25) is 4.79 Å². The van der Waals surface area contributed by atoms with Crippen LogP contribution < -0.4 is 9.64 Å². The number of likely N-dealkylation sites (N-methyl/N-ethyl adjacent to an activating group) is 1. The van der Waals surface area contributed by atoms with Crippen LogP contribution in [0.3, 0.4) is 0 Å². The maximum absolute atomic E-state index is 13.2. The van der Waals surface area contributed by atoms with Gasteiger partial charge in [0.2, 0.25) is 0 Å². The summed E-state index contributed by atoms with van der Waals surface area (Å²) in [6, 6.07) is 23.2. The van der Waals surface area contributed by atoms with Crippen LogP contribution in [0.5, 0.6) is 5.75 Å². The summed E-state index contributed by atoms with van der Waals surface area (Å²) in [6.45, 7) is 0. The van der Waals surface area contributed by atoms with Crippen LogP contribution in [0.25, 0.3) is 11.1 Å². The van der Waals surface area contributed by atoms with Crippen molar-refractivity contribution in [3.05, 3.63) is 94.5 Å². The molecule has 0 atom stereocenters. The molecule has 0 saturated carbocycles. The van der Waals surface area contributed by atoms with Crippen molar-refractivity contribution in [2.24, 2.45) is 0 Å². The number of amides is 1. The number of hydrogen-bond donors (Lipinski definition) is 0. The molecule has 27 heavy (non-hydrogen) atoms. The number of halogens is 1. The van der Waals surface area contributed by atoms with Crippen molar-refractivity contribution < 1.29 is 9.53 Å². The van der Waals surface area contributed by atoms with Gasteiger partial charge in [0.25, 0.3) is 5.91 Å². The molecule has 3 nitrogen and oxygen atoms in total. The highest BCUT2D eigenvalue weighted by Gasteiger charge is 2.33. The van der Waals surface area contributed by atoms with Crippen LogP contribution >= 0.6 is 11.6 Å². The second-order valence-corrected chi connectivity index (χ2v) is 6.81. The van der Waals surface area contributed by atoms with Crippen molar-refractivity contribution >= 4 is 34.3 Å². The standard InChI is InChI=1S/C23H18ClNO2/c1-25-20-13-12-18(27-2)14-19(20)22(23(25)26)21(15-6-4-3-5-7-15)16-8-10-17(24)11-9-16/h3-14H,1-2H3/b22-21+. The summed E-state index contributed by atoms with van der Waals surface area (Å²) in [4.78, 5) is 14.9. The molecule has 0 saturated heterocycles. The molecule has 0 bridgehead atoms. The van der Waals surface area contributed by atoms with Gasteiger partial charge in [-0.15, -0.1) is 0 Å². The summed E-state index contributed by atoms with van der Waals surface area (Å²) < 4.78 is 5.40. The van der Waals surface area contributed by atoms with Crippen LogP contribution in [-0.4, -0.2) is 20.1 Å². The Bertz CT molecular complexity index is 1040. The molecule has 0 aromatic heterocycles. The molecular weight excluding hydrogens is 358 g/mol. The number of carbonyl (C=O) groups is 1. The van der Waals surface area contributed by atoms with Crippen LogP contribution in [-0.2, 0) is 4.79 Å². The second-order valence-electron chi connectivity index (χ2n) is 6.37. The summed E-state index contributed by atoms with van der Waals surface area (Å²) >= 11 is 6.09. The maximum atomic E-state index is 13.2. The fraction of sp³-hybridized carbons (Fsp3) is 0.0870. The molecule has 0 spiro atoms. The molecule has 0 fully saturated rings. The third-order valence-electron chi connectivity index (χ3n) is 4.80. The molecule has 0 N–H and O–H groups in total. The van der Waals surface area contributed by atoms with Crippen molar-refractivity contribution in [2.45, 2.75) is 0 Å². The van der Waals surface area contributed by atoms with E-state index in [1.807, 2.05) is 72.8 Å². The molecule has 4 rings (SSSR count). The Morgan fingerprint density at radius 2 is 1.59 bits per heavy atom. The Kier molecular flexibility index (Phi) is 4.46. The minimum atomic E-state index is -0.0351. The molecule has 1 heterocycles. The molecule has 1 aliphatic heterocycles. The summed E-state index contributed by atoms with van der Waals surface area (Å²) in [7, 11) is 3.42. The van der Waals surface area contributed by atoms with Crippen molar-refractivity contribution in [3.8, 4) is 5.75 Å². The van der Waals surface area contributed by atoms with Crippen molar-refractivity contribution in [1.29, 1.82) is 0 Å². The van der Waals surface area contributed by atoms with E-state index in [0.29, 0.717) is 10.6 Å². The number of ether oxygens (including phenoxy) is 1. The van der Waals surface area contributed by atoms with E-state index in [9.17, 15) is 4.79 Å². The second kappa shape index (κ2) is 6.93. The van der Waals surface area contributed by atoms with E-state index in [4.69, 9.17) is 16.3 Å². The molecule has 0 radical (unpaired) electrons. The maximum Gasteiger partial charge on any atom is 0.259 e. The Morgan fingerprint density at radius 3 is 2.26 bits per heavy atom. The lowest BCUT2D eigenvalue weighted by atomic mass is 9.90. The first-order chi connectivity index (χ1) is 13.1. The molecule has 0 aliphatic carbocycles. The molecular formula is C23H18ClNO2. The van der Waals surface area contributed by atoms with Crippen molar-refractivity contribution in [2.75, 3.05) is 19.1 Å². The Labute approximate surface area is 163 Å². The highest BCUT2D eigenvalue weighted by Crippen LogP contribution is 2.43. The Balaban J connectivity index is 2.06. The van der Waals surface area contributed by atoms with Crippen LogP contribution in [0.2, 0.25) is 5.02 Å². The molecule has 1 amide bonds. The van der Waals surface area contributed by atoms with Gasteiger partial charge in [-0.25, -0.2) is 0 Å². The van der Waals surface area contributed by atoms with E-state index in [1.165, 1.54) is 0 Å². The summed E-state index contributed by atoms with van der Waals surface area (Å²) in [5, 5.41) is 0.660. The molecule has 1 aliphatic rings. The number of fused-ring (bicyclic) bond motifs is 1. The van der Waals surface area contributed by atoms with Crippen LogP contribution in [0.4, 0.5) is 5.69 Å². The number of methoxy groups -OCH3 is 1. The van der Waals surface area contributed by atoms with Gasteiger partial charge in [-0.2, -0.15) is 0 Å². The molecule has 0 unspecified atom stereocenters. The fourth-order valence-electron chi connectivity index (χ4n) is 3.45. The normalized spacial score (nSPS) is 14.9. The van der Waals surface area contributed by atoms with Gasteiger partial charge in [0.05, 0.1) is 18.4 Å². The zero-order valence-electron chi connectivity index (χ0n) is 15.1. The number of benzene rings is 3. The van der Waals surface area contributed by atoms with Gasteiger partial charge < -0.3 is 9.64 Å². The van der Waals surface area contributed by atoms with Gasteiger partial charge in [-0.05, 0) is 41.5 Å². The average Bonchev–Trinajstić information content (AvgIpc) is 2.95. The smallest absolute Gasteiger partial charge is 0.259 e. The molecule has 3 aromatic carbocycles. The first kappa shape index (κ1) is 17.4. The fourth-order valence-corrected chi connectivity index (χ4v) is 3.57. The summed E-state index contributed by atoms with van der Waals surface area (Å²) in [5.41, 5.74) is 5.22. The van der Waals surface area contributed by atoms with E-state index < -0.39 is 0 Å². The zero-order chi connectivity index (χ0) is 19.0. The van der Waals surface area contributed by atoms with E-state index in [-0.39, 0.29) is 5.91 Å². The molecule has 3 aromatic rings. The number of nitrogens with zero attached hydrogens (tertiary/aromatic N) is 1. The van der Waals surface area contributed by atoms with Gasteiger partial charge in [0.1, 0.15) is 5.75 Å². The van der Waals surface area contributed by atoms with Gasteiger partial charge >= 0.3 is 0 Å². The average molecular weight is 376 g/mol. The quantitative estimate of drug-likeness (QED) is 0.582. The van der Waals surface area contributed by atoms with Crippen LogP contribution in [0.1, 0.15) is 16.7 Å². The van der Waals surface area contributed by atoms with E-state index >= 15 is 0 Å². The third kappa shape index (κ3) is 3.00. The van der Waals surface area contributed by atoms with Crippen molar-refractivity contribution in [3.63, 3.8) is 0 Å². The highest BCUT2D eigenvalue weighted by atomic mass is 35.5. The van der Waals surface area contributed by atoms with E-state index in [1.54, 1.807) is 19.1 Å². The predicted molar refractivity (Wildman–Crippen MR) is 110 cm³/mol. The minimum Gasteiger partial charge on any atom is -0.497 e. The van der Waals surface area contributed by atoms with Gasteiger partial charge in [0.15, 0.2) is 0 Å². The topological polar surface area (TPSA) is 29.5 Å². The van der Waals surface area contributed by atoms with Crippen LogP contribution in [0, 0.1) is 0 Å². The van der Waals surface area contributed by atoms with Crippen LogP contribution in [0.15, 0.2) is 72.8 Å². The van der Waals surface area contributed by atoms with Gasteiger partial charge in [0, 0.05) is 23.2 Å². The van der Waals surface area contributed by atoms with E-state index in [0.717, 1.165) is 33.7 Å². The lowest BCUT2D eigenvalue weighted by Gasteiger charge is -2.13. The third-order valence-corrected chi connectivity index (χ3v) is 5.05. The zero-order valence-corrected chi connectivity index (χ0v) is 15.8. The number of rotatable bonds is 3. The monoisotopic (exact) mass is 375 g/mol. The Hall–Kier alpha value is -3.04. The Morgan fingerprint density at radius 1 is 0.926 bits per heavy atom. The minimum absolute atomic E-state index is 0.0351. The largest absolute Gasteiger partial charge is 0.497 e.